The third-order valence-corrected chi connectivity index (χ3v) is 6.20. The van der Waals surface area contributed by atoms with E-state index in [0.29, 0.717) is 25.5 Å². The van der Waals surface area contributed by atoms with Crippen molar-refractivity contribution in [2.45, 2.75) is 30.1 Å². The van der Waals surface area contributed by atoms with Crippen LogP contribution >= 0.6 is 0 Å². The number of rotatable bonds is 5. The summed E-state index contributed by atoms with van der Waals surface area (Å²) in [5, 5.41) is 4.13. The van der Waals surface area contributed by atoms with Gasteiger partial charge in [0.25, 0.3) is 0 Å². The minimum absolute atomic E-state index is 0.233. The van der Waals surface area contributed by atoms with Gasteiger partial charge in [0.05, 0.1) is 5.69 Å². The van der Waals surface area contributed by atoms with Gasteiger partial charge >= 0.3 is 0 Å². The van der Waals surface area contributed by atoms with Gasteiger partial charge in [-0.3, -0.25) is 4.68 Å². The molecular weight excluding hydrogens is 326 g/mol. The molecule has 130 valence electrons. The maximum Gasteiger partial charge on any atom is 0.243 e. The van der Waals surface area contributed by atoms with Gasteiger partial charge in [-0.15, -0.1) is 0 Å². The van der Waals surface area contributed by atoms with Gasteiger partial charge in [-0.25, -0.2) is 13.1 Å². The Morgan fingerprint density at radius 3 is 2.50 bits per heavy atom. The predicted molar refractivity (Wildman–Crippen MR) is 91.3 cm³/mol. The fourth-order valence-corrected chi connectivity index (χ4v) is 4.62. The maximum atomic E-state index is 12.7. The summed E-state index contributed by atoms with van der Waals surface area (Å²) in [6.07, 6.45) is 3.13. The van der Waals surface area contributed by atoms with Crippen LogP contribution in [0.1, 0.15) is 24.1 Å². The second-order valence-corrected chi connectivity index (χ2v) is 8.07. The number of aromatic nitrogens is 2. The molecule has 1 aliphatic rings. The lowest BCUT2D eigenvalue weighted by Gasteiger charge is -2.37. The van der Waals surface area contributed by atoms with Gasteiger partial charge in [-0.1, -0.05) is 30.3 Å². The van der Waals surface area contributed by atoms with Gasteiger partial charge in [-0.2, -0.15) is 5.10 Å². The van der Waals surface area contributed by atoms with Crippen molar-refractivity contribution in [2.75, 3.05) is 19.8 Å². The summed E-state index contributed by atoms with van der Waals surface area (Å²) in [6, 6.07) is 10.1. The number of sulfonamides is 1. The zero-order valence-corrected chi connectivity index (χ0v) is 14.8. The number of aryl methyl sites for hydroxylation is 2. The third kappa shape index (κ3) is 3.38. The average Bonchev–Trinajstić information content (AvgIpc) is 2.94. The number of benzene rings is 1. The van der Waals surface area contributed by atoms with Gasteiger partial charge in [-0.05, 0) is 25.3 Å². The first-order valence-corrected chi connectivity index (χ1v) is 9.54. The van der Waals surface area contributed by atoms with Gasteiger partial charge in [0, 0.05) is 38.4 Å². The second kappa shape index (κ2) is 6.66. The molecule has 1 saturated heterocycles. The number of hydrogen-bond donors (Lipinski definition) is 1. The Morgan fingerprint density at radius 2 is 1.92 bits per heavy atom. The Bertz CT molecular complexity index is 794. The van der Waals surface area contributed by atoms with Gasteiger partial charge in [0.2, 0.25) is 10.0 Å². The highest BCUT2D eigenvalue weighted by Crippen LogP contribution is 2.34. The fraction of sp³-hybridized carbons (Fsp3) is 0.471. The molecule has 0 aliphatic carbocycles. The van der Waals surface area contributed by atoms with Crippen LogP contribution in [0.4, 0.5) is 0 Å². The summed E-state index contributed by atoms with van der Waals surface area (Å²) < 4.78 is 35.2. The Balaban J connectivity index is 1.85. The fourth-order valence-electron chi connectivity index (χ4n) is 3.27. The van der Waals surface area contributed by atoms with E-state index in [1.165, 1.54) is 10.9 Å². The summed E-state index contributed by atoms with van der Waals surface area (Å²) in [6.45, 7) is 3.35. The second-order valence-electron chi connectivity index (χ2n) is 6.34. The van der Waals surface area contributed by atoms with Crippen LogP contribution in [0.5, 0.6) is 0 Å². The van der Waals surface area contributed by atoms with E-state index in [0.717, 1.165) is 18.4 Å². The van der Waals surface area contributed by atoms with Gasteiger partial charge < -0.3 is 4.74 Å². The van der Waals surface area contributed by atoms with Crippen molar-refractivity contribution >= 4 is 10.0 Å². The van der Waals surface area contributed by atoms with E-state index < -0.39 is 10.0 Å². The van der Waals surface area contributed by atoms with E-state index in [2.05, 4.69) is 22.0 Å². The predicted octanol–water partition coefficient (Wildman–Crippen LogP) is 1.76. The highest BCUT2D eigenvalue weighted by molar-refractivity contribution is 7.89. The van der Waals surface area contributed by atoms with Crippen molar-refractivity contribution in [1.29, 1.82) is 0 Å². The van der Waals surface area contributed by atoms with Crippen molar-refractivity contribution < 1.29 is 13.2 Å². The molecule has 2 aromatic rings. The molecule has 0 atom stereocenters. The molecule has 0 saturated carbocycles. The Labute approximate surface area is 142 Å². The van der Waals surface area contributed by atoms with Crippen LogP contribution in [0.25, 0.3) is 0 Å². The molecular formula is C17H23N3O3S. The van der Waals surface area contributed by atoms with Crippen molar-refractivity contribution in [3.63, 3.8) is 0 Å². The van der Waals surface area contributed by atoms with E-state index in [9.17, 15) is 8.42 Å². The molecule has 24 heavy (non-hydrogen) atoms. The maximum absolute atomic E-state index is 12.7. The molecule has 1 aliphatic heterocycles. The number of nitrogens with zero attached hydrogens (tertiary/aromatic N) is 2. The molecule has 3 rings (SSSR count). The van der Waals surface area contributed by atoms with E-state index in [-0.39, 0.29) is 10.3 Å². The minimum atomic E-state index is -3.59. The quantitative estimate of drug-likeness (QED) is 0.893. The van der Waals surface area contributed by atoms with Crippen molar-refractivity contribution in [1.82, 2.24) is 14.5 Å². The lowest BCUT2D eigenvalue weighted by molar-refractivity contribution is 0.0517. The molecule has 1 aromatic heterocycles. The SMILES string of the molecule is Cc1nn(C)cc1S(=O)(=O)NCC1(c2ccccc2)CCOCC1. The standard InChI is InChI=1S/C17H23N3O3S/c1-14-16(12-20(2)19-14)24(21,22)18-13-17(8-10-23-11-9-17)15-6-4-3-5-7-15/h3-7,12,18H,8-11,13H2,1-2H3. The molecule has 1 N–H and O–H groups in total. The van der Waals surface area contributed by atoms with E-state index in [1.807, 2.05) is 18.2 Å². The largest absolute Gasteiger partial charge is 0.381 e. The van der Waals surface area contributed by atoms with Crippen molar-refractivity contribution in [3.8, 4) is 0 Å². The van der Waals surface area contributed by atoms with Crippen molar-refractivity contribution in [2.24, 2.45) is 7.05 Å². The van der Waals surface area contributed by atoms with E-state index >= 15 is 0 Å². The number of nitrogens with one attached hydrogen (secondary N) is 1. The molecule has 2 heterocycles. The van der Waals surface area contributed by atoms with Gasteiger partial charge in [0.15, 0.2) is 0 Å². The summed E-state index contributed by atoms with van der Waals surface area (Å²) in [5.74, 6) is 0. The van der Waals surface area contributed by atoms with E-state index in [1.54, 1.807) is 14.0 Å². The lowest BCUT2D eigenvalue weighted by atomic mass is 9.74. The first kappa shape index (κ1) is 17.1. The first-order chi connectivity index (χ1) is 11.4. The Hall–Kier alpha value is -1.70. The zero-order valence-electron chi connectivity index (χ0n) is 14.0. The zero-order chi connectivity index (χ0) is 17.2. The lowest BCUT2D eigenvalue weighted by Crippen LogP contribution is -2.44. The highest BCUT2D eigenvalue weighted by Gasteiger charge is 2.36. The highest BCUT2D eigenvalue weighted by atomic mass is 32.2. The molecule has 7 heteroatoms. The number of ether oxygens (including phenoxy) is 1. The third-order valence-electron chi connectivity index (χ3n) is 4.69. The molecule has 0 unspecified atom stereocenters. The summed E-state index contributed by atoms with van der Waals surface area (Å²) in [7, 11) is -1.87. The molecule has 0 spiro atoms. The van der Waals surface area contributed by atoms with Crippen LogP contribution in [0, 0.1) is 6.92 Å². The topological polar surface area (TPSA) is 73.2 Å². The van der Waals surface area contributed by atoms with E-state index in [4.69, 9.17) is 4.74 Å². The summed E-state index contributed by atoms with van der Waals surface area (Å²) >= 11 is 0. The Morgan fingerprint density at radius 1 is 1.25 bits per heavy atom. The molecule has 0 amide bonds. The van der Waals surface area contributed by atoms with Crippen molar-refractivity contribution in [3.05, 3.63) is 47.8 Å². The molecule has 0 radical (unpaired) electrons. The monoisotopic (exact) mass is 349 g/mol. The summed E-state index contributed by atoms with van der Waals surface area (Å²) in [5.41, 5.74) is 1.42. The minimum Gasteiger partial charge on any atom is -0.381 e. The van der Waals surface area contributed by atoms with Crippen LogP contribution in [0.2, 0.25) is 0 Å². The van der Waals surface area contributed by atoms with Crippen LogP contribution in [-0.2, 0) is 27.2 Å². The Kier molecular flexibility index (Phi) is 4.76. The van der Waals surface area contributed by atoms with Crippen LogP contribution in [0.3, 0.4) is 0 Å². The first-order valence-electron chi connectivity index (χ1n) is 8.06. The van der Waals surface area contributed by atoms with Gasteiger partial charge in [0.1, 0.15) is 4.90 Å². The normalized spacial score (nSPS) is 17.8. The molecule has 0 bridgehead atoms. The average molecular weight is 349 g/mol. The summed E-state index contributed by atoms with van der Waals surface area (Å²) in [4.78, 5) is 0.236. The van der Waals surface area contributed by atoms with Crippen LogP contribution in [0.15, 0.2) is 41.4 Å². The molecule has 1 fully saturated rings. The number of hydrogen-bond acceptors (Lipinski definition) is 4. The van der Waals surface area contributed by atoms with Crippen LogP contribution < -0.4 is 4.72 Å². The molecule has 1 aromatic carbocycles. The molecule has 6 nitrogen and oxygen atoms in total. The van der Waals surface area contributed by atoms with Crippen LogP contribution in [-0.4, -0.2) is 38.0 Å². The smallest absolute Gasteiger partial charge is 0.243 e.